The molecule has 2 aliphatic heterocycles. The summed E-state index contributed by atoms with van der Waals surface area (Å²) in [5.41, 5.74) is 2.89. The van der Waals surface area contributed by atoms with Crippen LogP contribution in [-0.4, -0.2) is 33.8 Å². The zero-order chi connectivity index (χ0) is 23.6. The fourth-order valence-electron chi connectivity index (χ4n) is 5.13. The number of rotatable bonds is 3. The Morgan fingerprint density at radius 1 is 0.971 bits per heavy atom. The van der Waals surface area contributed by atoms with Crippen molar-refractivity contribution in [2.24, 2.45) is 0 Å². The van der Waals surface area contributed by atoms with Crippen molar-refractivity contribution in [1.29, 1.82) is 0 Å². The van der Waals surface area contributed by atoms with E-state index in [1.165, 1.54) is 35.2 Å². The first kappa shape index (κ1) is 20.2. The Balaban J connectivity index is 1.55. The van der Waals surface area contributed by atoms with Crippen LogP contribution in [0.1, 0.15) is 33.2 Å². The Morgan fingerprint density at radius 3 is 2.44 bits per heavy atom. The van der Waals surface area contributed by atoms with E-state index in [9.17, 15) is 23.9 Å². The highest BCUT2D eigenvalue weighted by atomic mass is 19.1. The molecule has 34 heavy (non-hydrogen) atoms. The Morgan fingerprint density at radius 2 is 1.68 bits per heavy atom. The summed E-state index contributed by atoms with van der Waals surface area (Å²) >= 11 is 0. The molecular formula is C26H17FN3O4-. The molecule has 4 aromatic rings. The molecule has 6 rings (SSSR count). The number of nitrogens with one attached hydrogen (secondary N) is 1. The summed E-state index contributed by atoms with van der Waals surface area (Å²) in [6.07, 6.45) is 0.269. The molecule has 0 spiro atoms. The number of carbonyl (C=O) groups is 3. The van der Waals surface area contributed by atoms with Crippen LogP contribution in [0.5, 0.6) is 0 Å². The lowest BCUT2D eigenvalue weighted by Gasteiger charge is -2.36. The number of amides is 3. The van der Waals surface area contributed by atoms with Gasteiger partial charge in [-0.3, -0.25) is 9.69 Å². The number of imide groups is 1. The van der Waals surface area contributed by atoms with Crippen LogP contribution in [0.2, 0.25) is 0 Å². The lowest BCUT2D eigenvalue weighted by atomic mass is 9.89. The maximum absolute atomic E-state index is 13.7. The number of urea groups is 1. The van der Waals surface area contributed by atoms with E-state index in [2.05, 4.69) is 4.98 Å². The van der Waals surface area contributed by atoms with Crippen molar-refractivity contribution in [2.75, 3.05) is 4.90 Å². The number of aromatic carboxylic acids is 1. The second-order valence-corrected chi connectivity index (χ2v) is 8.40. The van der Waals surface area contributed by atoms with Crippen LogP contribution in [0.25, 0.3) is 10.9 Å². The monoisotopic (exact) mass is 454 g/mol. The predicted molar refractivity (Wildman–Crippen MR) is 120 cm³/mol. The van der Waals surface area contributed by atoms with Gasteiger partial charge in [-0.25, -0.2) is 14.1 Å². The van der Waals surface area contributed by atoms with Crippen molar-refractivity contribution in [1.82, 2.24) is 9.88 Å². The van der Waals surface area contributed by atoms with Gasteiger partial charge in [-0.2, -0.15) is 0 Å². The molecule has 0 saturated carbocycles. The minimum Gasteiger partial charge on any atom is -0.545 e. The average Bonchev–Trinajstić information content (AvgIpc) is 3.33. The number of hydrogen-bond acceptors (Lipinski definition) is 4. The number of carboxylic acid groups (broad SMARTS) is 1. The molecule has 1 fully saturated rings. The normalized spacial score (nSPS) is 19.4. The van der Waals surface area contributed by atoms with Crippen LogP contribution in [0.4, 0.5) is 14.9 Å². The molecule has 7 nitrogen and oxygen atoms in total. The molecule has 8 heteroatoms. The molecule has 0 unspecified atom stereocenters. The number of carboxylic acids is 1. The van der Waals surface area contributed by atoms with Crippen LogP contribution in [0.15, 0.2) is 72.8 Å². The smallest absolute Gasteiger partial charge is 0.332 e. The molecule has 3 amide bonds. The maximum Gasteiger partial charge on any atom is 0.332 e. The molecule has 1 N–H and O–H groups in total. The molecular weight excluding hydrogens is 437 g/mol. The van der Waals surface area contributed by atoms with Gasteiger partial charge >= 0.3 is 6.03 Å². The minimum absolute atomic E-state index is 0.0294. The largest absolute Gasteiger partial charge is 0.545 e. The third-order valence-corrected chi connectivity index (χ3v) is 6.60. The zero-order valence-electron chi connectivity index (χ0n) is 17.7. The van der Waals surface area contributed by atoms with Gasteiger partial charge in [0.15, 0.2) is 0 Å². The summed E-state index contributed by atoms with van der Waals surface area (Å²) in [4.78, 5) is 44.8. The van der Waals surface area contributed by atoms with Crippen LogP contribution in [0, 0.1) is 5.82 Å². The van der Waals surface area contributed by atoms with E-state index in [-0.39, 0.29) is 17.7 Å². The van der Waals surface area contributed by atoms with Crippen molar-refractivity contribution < 1.29 is 23.9 Å². The number of H-pyrrole nitrogens is 1. The van der Waals surface area contributed by atoms with Crippen molar-refractivity contribution >= 4 is 34.5 Å². The van der Waals surface area contributed by atoms with E-state index in [1.54, 1.807) is 18.2 Å². The van der Waals surface area contributed by atoms with E-state index in [0.29, 0.717) is 5.56 Å². The topological polar surface area (TPSA) is 96.5 Å². The number of aromatic amines is 1. The number of halogens is 1. The van der Waals surface area contributed by atoms with E-state index >= 15 is 0 Å². The molecule has 168 valence electrons. The van der Waals surface area contributed by atoms with Gasteiger partial charge in [0.2, 0.25) is 0 Å². The van der Waals surface area contributed by atoms with Crippen LogP contribution < -0.4 is 10.0 Å². The second kappa shape index (κ2) is 7.28. The van der Waals surface area contributed by atoms with Gasteiger partial charge in [-0.15, -0.1) is 0 Å². The van der Waals surface area contributed by atoms with Crippen LogP contribution in [0.3, 0.4) is 0 Å². The first-order valence-electron chi connectivity index (χ1n) is 10.8. The molecule has 2 aliphatic rings. The Kier molecular flexibility index (Phi) is 4.32. The summed E-state index contributed by atoms with van der Waals surface area (Å²) in [6.45, 7) is 0. The highest BCUT2D eigenvalue weighted by molar-refractivity contribution is 6.23. The van der Waals surface area contributed by atoms with E-state index < -0.39 is 35.8 Å². The number of nitrogens with zero attached hydrogens (tertiary/aromatic N) is 2. The average molecular weight is 454 g/mol. The number of aromatic nitrogens is 1. The molecule has 1 aromatic heterocycles. The number of hydrogen-bond donors (Lipinski definition) is 1. The van der Waals surface area contributed by atoms with E-state index in [4.69, 9.17) is 0 Å². The third kappa shape index (κ3) is 2.78. The molecule has 0 aliphatic carbocycles. The molecule has 3 aromatic carbocycles. The van der Waals surface area contributed by atoms with E-state index in [0.717, 1.165) is 27.1 Å². The van der Waals surface area contributed by atoms with Gasteiger partial charge in [0.05, 0.1) is 11.7 Å². The molecule has 0 radical (unpaired) electrons. The summed E-state index contributed by atoms with van der Waals surface area (Å²) < 4.78 is 13.7. The quantitative estimate of drug-likeness (QED) is 0.481. The van der Waals surface area contributed by atoms with Crippen molar-refractivity contribution in [3.63, 3.8) is 0 Å². The fourth-order valence-corrected chi connectivity index (χ4v) is 5.13. The van der Waals surface area contributed by atoms with Gasteiger partial charge < -0.3 is 14.9 Å². The number of anilines is 1. The molecule has 2 atom stereocenters. The first-order valence-corrected chi connectivity index (χ1v) is 10.8. The fraction of sp³-hybridized carbons (Fsp3) is 0.115. The molecule has 3 heterocycles. The lowest BCUT2D eigenvalue weighted by Crippen LogP contribution is -2.44. The zero-order valence-corrected chi connectivity index (χ0v) is 17.7. The van der Waals surface area contributed by atoms with Gasteiger partial charge in [-0.05, 0) is 35.4 Å². The Hall–Kier alpha value is -4.46. The summed E-state index contributed by atoms with van der Waals surface area (Å²) in [5.74, 6) is -2.41. The van der Waals surface area contributed by atoms with Gasteiger partial charge in [0, 0.05) is 28.6 Å². The number of carbonyl (C=O) groups excluding carboxylic acids is 3. The van der Waals surface area contributed by atoms with Crippen LogP contribution in [-0.2, 0) is 11.2 Å². The van der Waals surface area contributed by atoms with Crippen LogP contribution >= 0.6 is 0 Å². The molecule has 0 bridgehead atoms. The second-order valence-electron chi connectivity index (χ2n) is 8.40. The number of fused-ring (bicyclic) bond motifs is 4. The lowest BCUT2D eigenvalue weighted by molar-refractivity contribution is -0.254. The van der Waals surface area contributed by atoms with Crippen molar-refractivity contribution in [2.45, 2.75) is 18.5 Å². The summed E-state index contributed by atoms with van der Waals surface area (Å²) in [6, 6.07) is 17.1. The van der Waals surface area contributed by atoms with Gasteiger partial charge in [0.25, 0.3) is 5.91 Å². The maximum atomic E-state index is 13.7. The van der Waals surface area contributed by atoms with Crippen molar-refractivity contribution in [3.05, 3.63) is 101 Å². The summed E-state index contributed by atoms with van der Waals surface area (Å²) in [5, 5.41) is 12.6. The van der Waals surface area contributed by atoms with Gasteiger partial charge in [-0.1, -0.05) is 48.5 Å². The highest BCUT2D eigenvalue weighted by Gasteiger charge is 2.53. The predicted octanol–water partition coefficient (Wildman–Crippen LogP) is 3.15. The standard InChI is InChI=1S/C26H18FN3O4/c27-15-11-9-14(10-12-15)23-22-18(16-5-1-3-7-19(16)28-22)13-21-24(31)30(26(34)29(21)23)20-8-4-2-6-17(20)25(32)33/h1-12,21,23,28H,13H2,(H,32,33)/p-1/t21-,23-/m0/s1. The highest BCUT2D eigenvalue weighted by Crippen LogP contribution is 2.45. The minimum atomic E-state index is -1.48. The van der Waals surface area contributed by atoms with E-state index in [1.807, 2.05) is 24.3 Å². The Labute approximate surface area is 193 Å². The van der Waals surface area contributed by atoms with Gasteiger partial charge in [0.1, 0.15) is 17.9 Å². The first-order chi connectivity index (χ1) is 16.5. The van der Waals surface area contributed by atoms with Crippen molar-refractivity contribution in [3.8, 4) is 0 Å². The number of para-hydroxylation sites is 2. The SMILES string of the molecule is O=C([O-])c1ccccc1N1C(=O)[C@@H]2Cc3c([nH]c4ccccc34)[C@H](c3ccc(F)cc3)N2C1=O. The summed E-state index contributed by atoms with van der Waals surface area (Å²) in [7, 11) is 0. The molecule has 1 saturated heterocycles. The Bertz CT molecular complexity index is 1490. The third-order valence-electron chi connectivity index (χ3n) is 6.60. The number of benzene rings is 3.